The van der Waals surface area contributed by atoms with E-state index < -0.39 is 5.76 Å². The van der Waals surface area contributed by atoms with E-state index in [2.05, 4.69) is 50.9 Å². The van der Waals surface area contributed by atoms with Crippen LogP contribution in [-0.4, -0.2) is 44.5 Å². The van der Waals surface area contributed by atoms with Crippen LogP contribution in [0.25, 0.3) is 33.9 Å². The molecule has 9 nitrogen and oxygen atoms in total. The fraction of sp³-hybridized carbons (Fsp3) is 0.375. The minimum absolute atomic E-state index is 0.0216. The molecule has 4 heterocycles. The first kappa shape index (κ1) is 26.9. The predicted octanol–water partition coefficient (Wildman–Crippen LogP) is 6.50. The second kappa shape index (κ2) is 11.4. The number of hydrogen-bond acceptors (Lipinski definition) is 7. The van der Waals surface area contributed by atoms with Gasteiger partial charge in [0, 0.05) is 23.7 Å². The third-order valence-corrected chi connectivity index (χ3v) is 8.84. The smallest absolute Gasteiger partial charge is 0.386 e. The molecular weight excluding hydrogens is 552 g/mol. The molecule has 1 N–H and O–H groups in total. The summed E-state index contributed by atoms with van der Waals surface area (Å²) in [6, 6.07) is 20.0. The molecule has 3 aromatic heterocycles. The van der Waals surface area contributed by atoms with Gasteiger partial charge in [-0.15, -0.1) is 5.10 Å². The monoisotopic (exact) mass is 584 g/mol. The Morgan fingerprint density at radius 2 is 1.86 bits per heavy atom. The van der Waals surface area contributed by atoms with Crippen LogP contribution in [0.3, 0.4) is 0 Å². The summed E-state index contributed by atoms with van der Waals surface area (Å²) in [5.41, 5.74) is 4.90. The molecule has 0 radical (unpaired) electrons. The van der Waals surface area contributed by atoms with Gasteiger partial charge in [-0.1, -0.05) is 73.8 Å². The van der Waals surface area contributed by atoms with Crippen LogP contribution in [0, 0.1) is 11.8 Å². The molecule has 0 spiro atoms. The third-order valence-electron chi connectivity index (χ3n) is 8.61. The predicted molar refractivity (Wildman–Crippen MR) is 163 cm³/mol. The lowest BCUT2D eigenvalue weighted by Crippen LogP contribution is -2.41. The maximum Gasteiger partial charge on any atom is 0.434 e. The molecule has 2 aliphatic rings. The van der Waals surface area contributed by atoms with Crippen LogP contribution in [0.1, 0.15) is 44.2 Å². The van der Waals surface area contributed by atoms with Crippen molar-refractivity contribution < 1.29 is 9.15 Å². The maximum atomic E-state index is 11.8. The summed E-state index contributed by atoms with van der Waals surface area (Å²) in [7, 11) is 0. The van der Waals surface area contributed by atoms with Gasteiger partial charge in [-0.25, -0.2) is 19.9 Å². The van der Waals surface area contributed by atoms with Gasteiger partial charge in [0.25, 0.3) is 5.89 Å². The van der Waals surface area contributed by atoms with Crippen LogP contribution in [-0.2, 0) is 11.3 Å². The zero-order valence-corrected chi connectivity index (χ0v) is 24.3. The number of ether oxygens (including phenoxy) is 1. The lowest BCUT2D eigenvalue weighted by Gasteiger charge is -2.37. The summed E-state index contributed by atoms with van der Waals surface area (Å²) in [5, 5.41) is 7.03. The number of nitrogens with zero attached hydrogens (tertiary/aromatic N) is 5. The number of hydrogen-bond donors (Lipinski definition) is 1. The molecule has 216 valence electrons. The van der Waals surface area contributed by atoms with Crippen molar-refractivity contribution in [2.75, 3.05) is 24.7 Å². The molecule has 1 saturated carbocycles. The van der Waals surface area contributed by atoms with E-state index in [-0.39, 0.29) is 11.9 Å². The van der Waals surface area contributed by atoms with Crippen LogP contribution in [0.4, 0.5) is 5.95 Å². The lowest BCUT2D eigenvalue weighted by molar-refractivity contribution is 0.0927. The average molecular weight is 585 g/mol. The molecule has 1 atom stereocenters. The van der Waals surface area contributed by atoms with E-state index in [0.717, 1.165) is 40.7 Å². The minimum atomic E-state index is -0.632. The molecular formula is C32H33ClN6O3. The number of rotatable bonds is 6. The standard InChI is InChI=1S/C32H33ClN6O3/c1-20-10-12-21(13-11-20)18-39-29-25(35-31(39)38-14-15-41-19-27(38)22-6-3-2-4-7-22)17-26(30-36-37-32(40)42-30)34-28(29)23-8-5-9-24(33)16-23/h2-9,16-17,20-21,27H,10-15,18-19H2,1H3,(H,37,40)/t20-,21-,27-/m0/s1. The molecule has 7 rings (SSSR count). The first-order valence-electron chi connectivity index (χ1n) is 14.7. The summed E-state index contributed by atoms with van der Waals surface area (Å²) in [5.74, 6) is 1.68. The fourth-order valence-corrected chi connectivity index (χ4v) is 6.58. The molecule has 2 fully saturated rings. The topological polar surface area (TPSA) is 102 Å². The molecule has 2 aromatic carbocycles. The van der Waals surface area contributed by atoms with Gasteiger partial charge in [0.15, 0.2) is 0 Å². The molecule has 1 aliphatic carbocycles. The fourth-order valence-electron chi connectivity index (χ4n) is 6.39. The average Bonchev–Trinajstić information content (AvgIpc) is 3.62. The van der Waals surface area contributed by atoms with Crippen molar-refractivity contribution in [3.05, 3.63) is 81.8 Å². The summed E-state index contributed by atoms with van der Waals surface area (Å²) in [6.45, 7) is 5.10. The van der Waals surface area contributed by atoms with Crippen LogP contribution in [0.5, 0.6) is 0 Å². The number of morpholine rings is 1. The Morgan fingerprint density at radius 3 is 2.62 bits per heavy atom. The van der Waals surface area contributed by atoms with E-state index >= 15 is 0 Å². The molecule has 42 heavy (non-hydrogen) atoms. The van der Waals surface area contributed by atoms with Crippen LogP contribution < -0.4 is 10.7 Å². The number of aromatic amines is 1. The van der Waals surface area contributed by atoms with Crippen molar-refractivity contribution in [1.82, 2.24) is 24.7 Å². The van der Waals surface area contributed by atoms with Crippen LogP contribution in [0.2, 0.25) is 5.02 Å². The zero-order valence-electron chi connectivity index (χ0n) is 23.5. The highest BCUT2D eigenvalue weighted by Crippen LogP contribution is 2.39. The van der Waals surface area contributed by atoms with E-state index in [1.54, 1.807) is 0 Å². The normalized spacial score (nSPS) is 21.2. The number of pyridine rings is 1. The number of fused-ring (bicyclic) bond motifs is 1. The highest BCUT2D eigenvalue weighted by molar-refractivity contribution is 6.30. The number of benzene rings is 2. The van der Waals surface area contributed by atoms with Crippen LogP contribution >= 0.6 is 11.6 Å². The maximum absolute atomic E-state index is 11.8. The van der Waals surface area contributed by atoms with Crippen molar-refractivity contribution in [1.29, 1.82) is 0 Å². The van der Waals surface area contributed by atoms with Gasteiger partial charge in [-0.3, -0.25) is 0 Å². The first-order valence-corrected chi connectivity index (χ1v) is 15.0. The Morgan fingerprint density at radius 1 is 1.02 bits per heavy atom. The van der Waals surface area contributed by atoms with E-state index in [4.69, 9.17) is 30.7 Å². The Labute approximate surface area is 248 Å². The van der Waals surface area contributed by atoms with Gasteiger partial charge < -0.3 is 18.6 Å². The van der Waals surface area contributed by atoms with Gasteiger partial charge in [0.05, 0.1) is 36.0 Å². The molecule has 0 unspecified atom stereocenters. The Bertz CT molecular complexity index is 1760. The SMILES string of the molecule is C[C@H]1CC[C@H](Cn2c(N3CCOC[C@H]3c3ccccc3)nc3cc(-c4n[nH]c(=O)o4)nc(-c4cccc(Cl)c4)c32)CC1. The van der Waals surface area contributed by atoms with E-state index in [1.807, 2.05) is 36.4 Å². The number of anilines is 1. The third kappa shape index (κ3) is 5.23. The summed E-state index contributed by atoms with van der Waals surface area (Å²) in [4.78, 5) is 24.5. The largest absolute Gasteiger partial charge is 0.434 e. The minimum Gasteiger partial charge on any atom is -0.386 e. The number of H-pyrrole nitrogens is 1. The molecule has 10 heteroatoms. The Kier molecular flexibility index (Phi) is 7.29. The molecule has 1 saturated heterocycles. The van der Waals surface area contributed by atoms with Gasteiger partial charge in [0.2, 0.25) is 5.95 Å². The van der Waals surface area contributed by atoms with Gasteiger partial charge in [0.1, 0.15) is 5.69 Å². The van der Waals surface area contributed by atoms with Crippen molar-refractivity contribution in [3.63, 3.8) is 0 Å². The highest BCUT2D eigenvalue weighted by atomic mass is 35.5. The lowest BCUT2D eigenvalue weighted by atomic mass is 9.83. The van der Waals surface area contributed by atoms with Gasteiger partial charge in [-0.2, -0.15) is 0 Å². The number of halogens is 1. The molecule has 5 aromatic rings. The van der Waals surface area contributed by atoms with Crippen molar-refractivity contribution in [3.8, 4) is 22.8 Å². The summed E-state index contributed by atoms with van der Waals surface area (Å²) in [6.07, 6.45) is 4.83. The van der Waals surface area contributed by atoms with Crippen molar-refractivity contribution in [2.45, 2.75) is 45.2 Å². The van der Waals surface area contributed by atoms with Gasteiger partial charge >= 0.3 is 5.76 Å². The number of imidazole rings is 1. The zero-order chi connectivity index (χ0) is 28.6. The van der Waals surface area contributed by atoms with Crippen molar-refractivity contribution in [2.24, 2.45) is 11.8 Å². The van der Waals surface area contributed by atoms with Gasteiger partial charge in [-0.05, 0) is 48.4 Å². The summed E-state index contributed by atoms with van der Waals surface area (Å²) < 4.78 is 13.7. The number of nitrogens with one attached hydrogen (secondary N) is 1. The quantitative estimate of drug-likeness (QED) is 0.243. The Hall–Kier alpha value is -3.95. The molecule has 0 bridgehead atoms. The molecule has 1 aliphatic heterocycles. The van der Waals surface area contributed by atoms with E-state index in [9.17, 15) is 4.79 Å². The first-order chi connectivity index (χ1) is 20.5. The molecule has 0 amide bonds. The van der Waals surface area contributed by atoms with Crippen molar-refractivity contribution >= 4 is 28.6 Å². The highest BCUT2D eigenvalue weighted by Gasteiger charge is 2.32. The second-order valence-electron chi connectivity index (χ2n) is 11.5. The van der Waals surface area contributed by atoms with E-state index in [1.165, 1.54) is 31.2 Å². The Balaban J connectivity index is 1.45. The summed E-state index contributed by atoms with van der Waals surface area (Å²) >= 11 is 6.48. The van der Waals surface area contributed by atoms with Crippen LogP contribution in [0.15, 0.2) is 69.9 Å². The van der Waals surface area contributed by atoms with E-state index in [0.29, 0.717) is 36.4 Å². The second-order valence-corrected chi connectivity index (χ2v) is 11.9. The number of aromatic nitrogens is 5.